The van der Waals surface area contributed by atoms with Crippen LogP contribution in [-0.4, -0.2) is 32.7 Å². The molecule has 27 heavy (non-hydrogen) atoms. The third-order valence-corrected chi connectivity index (χ3v) is 6.30. The quantitative estimate of drug-likeness (QED) is 0.901. The van der Waals surface area contributed by atoms with E-state index in [1.54, 1.807) is 4.68 Å². The molecule has 1 amide bonds. The standard InChI is InChI=1S/C21H29N5O/c1-15-11-16(2)13-17(12-15)21(8-4-5-9-21)14-22-20(27)18-7-3-6-10-26-19(18)23-24-25-26/h11-13,18H,3-10,14H2,1-2H3,(H,22,27)/t18-/m1/s1. The second kappa shape index (κ2) is 7.41. The van der Waals surface area contributed by atoms with Crippen molar-refractivity contribution in [2.45, 2.75) is 76.7 Å². The number of aryl methyl sites for hydroxylation is 3. The summed E-state index contributed by atoms with van der Waals surface area (Å²) in [5.74, 6) is 0.556. The van der Waals surface area contributed by atoms with Gasteiger partial charge in [-0.15, -0.1) is 5.10 Å². The van der Waals surface area contributed by atoms with Crippen LogP contribution in [0.25, 0.3) is 0 Å². The van der Waals surface area contributed by atoms with Crippen molar-refractivity contribution < 1.29 is 4.79 Å². The van der Waals surface area contributed by atoms with Gasteiger partial charge in [0.15, 0.2) is 5.82 Å². The van der Waals surface area contributed by atoms with Crippen molar-refractivity contribution in [3.05, 3.63) is 40.7 Å². The highest BCUT2D eigenvalue weighted by atomic mass is 16.1. The van der Waals surface area contributed by atoms with Crippen molar-refractivity contribution in [3.63, 3.8) is 0 Å². The Morgan fingerprint density at radius 3 is 2.63 bits per heavy atom. The zero-order valence-corrected chi connectivity index (χ0v) is 16.4. The first-order valence-corrected chi connectivity index (χ1v) is 10.2. The lowest BCUT2D eigenvalue weighted by Crippen LogP contribution is -2.41. The van der Waals surface area contributed by atoms with Gasteiger partial charge < -0.3 is 5.32 Å². The van der Waals surface area contributed by atoms with Crippen molar-refractivity contribution in [2.24, 2.45) is 0 Å². The average Bonchev–Trinajstić information content (AvgIpc) is 3.26. The van der Waals surface area contributed by atoms with E-state index < -0.39 is 0 Å². The number of hydrogen-bond donors (Lipinski definition) is 1. The zero-order valence-electron chi connectivity index (χ0n) is 16.4. The molecule has 0 unspecified atom stereocenters. The summed E-state index contributed by atoms with van der Waals surface area (Å²) >= 11 is 0. The summed E-state index contributed by atoms with van der Waals surface area (Å²) in [7, 11) is 0. The van der Waals surface area contributed by atoms with Crippen LogP contribution in [0.3, 0.4) is 0 Å². The van der Waals surface area contributed by atoms with E-state index in [4.69, 9.17) is 0 Å². The molecule has 0 saturated heterocycles. The smallest absolute Gasteiger partial charge is 0.230 e. The number of nitrogens with zero attached hydrogens (tertiary/aromatic N) is 4. The number of carbonyl (C=O) groups excluding carboxylic acids is 1. The molecule has 144 valence electrons. The number of nitrogens with one attached hydrogen (secondary N) is 1. The van der Waals surface area contributed by atoms with Gasteiger partial charge >= 0.3 is 0 Å². The first kappa shape index (κ1) is 18.1. The van der Waals surface area contributed by atoms with Gasteiger partial charge in [-0.25, -0.2) is 4.68 Å². The summed E-state index contributed by atoms with van der Waals surface area (Å²) in [6.07, 6.45) is 7.59. The van der Waals surface area contributed by atoms with Crippen molar-refractivity contribution in [1.29, 1.82) is 0 Å². The van der Waals surface area contributed by atoms with Crippen LogP contribution in [0.4, 0.5) is 0 Å². The number of rotatable bonds is 4. The molecule has 1 aliphatic heterocycles. The fourth-order valence-corrected chi connectivity index (χ4v) is 4.89. The van der Waals surface area contributed by atoms with Crippen LogP contribution < -0.4 is 5.32 Å². The van der Waals surface area contributed by atoms with Crippen LogP contribution in [0.1, 0.15) is 73.4 Å². The maximum atomic E-state index is 13.1. The Bertz CT molecular complexity index is 801. The molecule has 2 heterocycles. The van der Waals surface area contributed by atoms with Gasteiger partial charge in [-0.05, 0) is 55.5 Å². The number of carbonyl (C=O) groups is 1. The van der Waals surface area contributed by atoms with Crippen LogP contribution in [0, 0.1) is 13.8 Å². The molecule has 1 aromatic carbocycles. The monoisotopic (exact) mass is 367 g/mol. The van der Waals surface area contributed by atoms with E-state index in [2.05, 4.69) is 52.9 Å². The van der Waals surface area contributed by atoms with Gasteiger partial charge in [0, 0.05) is 18.5 Å². The Balaban J connectivity index is 1.53. The van der Waals surface area contributed by atoms with Crippen LogP contribution in [0.2, 0.25) is 0 Å². The number of aromatic nitrogens is 4. The molecule has 6 heteroatoms. The first-order valence-electron chi connectivity index (χ1n) is 10.2. The Morgan fingerprint density at radius 2 is 1.89 bits per heavy atom. The van der Waals surface area contributed by atoms with E-state index in [1.165, 1.54) is 29.5 Å². The van der Waals surface area contributed by atoms with E-state index in [1.807, 2.05) is 0 Å². The summed E-state index contributed by atoms with van der Waals surface area (Å²) in [6.45, 7) is 5.82. The lowest BCUT2D eigenvalue weighted by atomic mass is 9.77. The molecule has 1 saturated carbocycles. The number of amides is 1. The molecule has 1 aliphatic carbocycles. The predicted molar refractivity (Wildman–Crippen MR) is 103 cm³/mol. The van der Waals surface area contributed by atoms with Crippen LogP contribution in [0.5, 0.6) is 0 Å². The highest BCUT2D eigenvalue weighted by Gasteiger charge is 2.37. The number of tetrazole rings is 1. The molecule has 0 spiro atoms. The molecule has 0 bridgehead atoms. The SMILES string of the molecule is Cc1cc(C)cc(C2(CNC(=O)[C@@H]3CCCCn4nnnc43)CCCC2)c1. The van der Waals surface area contributed by atoms with Gasteiger partial charge in [0.1, 0.15) is 0 Å². The normalized spacial score (nSPS) is 21.5. The molecule has 0 radical (unpaired) electrons. The molecule has 1 atom stereocenters. The van der Waals surface area contributed by atoms with Gasteiger partial charge in [0.2, 0.25) is 5.91 Å². The largest absolute Gasteiger partial charge is 0.355 e. The topological polar surface area (TPSA) is 72.7 Å². The minimum Gasteiger partial charge on any atom is -0.355 e. The Morgan fingerprint density at radius 1 is 1.15 bits per heavy atom. The summed E-state index contributed by atoms with van der Waals surface area (Å²) in [6, 6.07) is 6.82. The Kier molecular flexibility index (Phi) is 4.98. The Hall–Kier alpha value is -2.24. The summed E-state index contributed by atoms with van der Waals surface area (Å²) < 4.78 is 1.80. The van der Waals surface area contributed by atoms with Crippen molar-refractivity contribution in [1.82, 2.24) is 25.5 Å². The minimum absolute atomic E-state index is 0.0586. The zero-order chi connectivity index (χ0) is 18.9. The molecule has 2 aliphatic rings. The van der Waals surface area contributed by atoms with Crippen LogP contribution >= 0.6 is 0 Å². The Labute approximate surface area is 160 Å². The van der Waals surface area contributed by atoms with Gasteiger partial charge in [-0.1, -0.05) is 48.6 Å². The lowest BCUT2D eigenvalue weighted by molar-refractivity contribution is -0.123. The molecule has 1 N–H and O–H groups in total. The lowest BCUT2D eigenvalue weighted by Gasteiger charge is -2.31. The van der Waals surface area contributed by atoms with E-state index in [0.717, 1.165) is 44.5 Å². The second-order valence-corrected chi connectivity index (χ2v) is 8.39. The summed E-state index contributed by atoms with van der Waals surface area (Å²) in [5, 5.41) is 15.2. The fourth-order valence-electron chi connectivity index (χ4n) is 4.89. The molecule has 1 fully saturated rings. The predicted octanol–water partition coefficient (Wildman–Crippen LogP) is 3.19. The average molecular weight is 367 g/mol. The minimum atomic E-state index is -0.236. The van der Waals surface area contributed by atoms with Gasteiger partial charge in [0.05, 0.1) is 5.92 Å². The molecule has 4 rings (SSSR count). The number of hydrogen-bond acceptors (Lipinski definition) is 4. The molecular formula is C21H29N5O. The summed E-state index contributed by atoms with van der Waals surface area (Å²) in [4.78, 5) is 13.1. The van der Waals surface area contributed by atoms with E-state index >= 15 is 0 Å². The number of benzene rings is 1. The maximum absolute atomic E-state index is 13.1. The van der Waals surface area contributed by atoms with Crippen molar-refractivity contribution in [2.75, 3.05) is 6.54 Å². The van der Waals surface area contributed by atoms with Gasteiger partial charge in [-0.3, -0.25) is 4.79 Å². The highest BCUT2D eigenvalue weighted by Crippen LogP contribution is 2.41. The van der Waals surface area contributed by atoms with Gasteiger partial charge in [-0.2, -0.15) is 0 Å². The van der Waals surface area contributed by atoms with Gasteiger partial charge in [0.25, 0.3) is 0 Å². The van der Waals surface area contributed by atoms with Crippen molar-refractivity contribution in [3.8, 4) is 0 Å². The highest BCUT2D eigenvalue weighted by molar-refractivity contribution is 5.82. The summed E-state index contributed by atoms with van der Waals surface area (Å²) in [5.41, 5.74) is 4.03. The molecule has 1 aromatic heterocycles. The molecular weight excluding hydrogens is 338 g/mol. The maximum Gasteiger partial charge on any atom is 0.230 e. The third kappa shape index (κ3) is 3.62. The number of fused-ring (bicyclic) bond motifs is 1. The van der Waals surface area contributed by atoms with Crippen LogP contribution in [-0.2, 0) is 16.8 Å². The van der Waals surface area contributed by atoms with E-state index in [9.17, 15) is 4.79 Å². The van der Waals surface area contributed by atoms with E-state index in [-0.39, 0.29) is 17.2 Å². The molecule has 6 nitrogen and oxygen atoms in total. The fraction of sp³-hybridized carbons (Fsp3) is 0.619. The van der Waals surface area contributed by atoms with E-state index in [0.29, 0.717) is 6.54 Å². The first-order chi connectivity index (χ1) is 13.1. The molecule has 2 aromatic rings. The van der Waals surface area contributed by atoms with Crippen molar-refractivity contribution >= 4 is 5.91 Å². The third-order valence-electron chi connectivity index (χ3n) is 6.30. The van der Waals surface area contributed by atoms with Crippen LogP contribution in [0.15, 0.2) is 18.2 Å². The second-order valence-electron chi connectivity index (χ2n) is 8.39.